The Morgan fingerprint density at radius 3 is 0.951 bits per heavy atom. The Kier molecular flexibility index (Phi) is 7.20. The molecular formula is C58H40N2Si. The van der Waals surface area contributed by atoms with Gasteiger partial charge in [-0.25, -0.2) is 0 Å². The van der Waals surface area contributed by atoms with Crippen LogP contribution in [-0.4, -0.2) is 8.07 Å². The van der Waals surface area contributed by atoms with Gasteiger partial charge in [0, 0.05) is 34.1 Å². The van der Waals surface area contributed by atoms with Crippen molar-refractivity contribution in [2.45, 2.75) is 13.1 Å². The molecule has 1 aliphatic heterocycles. The molecule has 12 aromatic rings. The third-order valence-corrected chi connectivity index (χ3v) is 17.1. The first-order valence-corrected chi connectivity index (χ1v) is 24.3. The van der Waals surface area contributed by atoms with Crippen LogP contribution in [-0.2, 0) is 0 Å². The first-order chi connectivity index (χ1) is 30.0. The highest BCUT2D eigenvalue weighted by Crippen LogP contribution is 2.45. The maximum Gasteiger partial charge on any atom is 0.114 e. The summed E-state index contributed by atoms with van der Waals surface area (Å²) in [5.74, 6) is 0. The van der Waals surface area contributed by atoms with Gasteiger partial charge >= 0.3 is 0 Å². The van der Waals surface area contributed by atoms with Crippen LogP contribution in [0.4, 0.5) is 34.1 Å². The highest BCUT2D eigenvalue weighted by molar-refractivity contribution is 7.04. The monoisotopic (exact) mass is 792 g/mol. The van der Waals surface area contributed by atoms with Gasteiger partial charge in [0.1, 0.15) is 8.07 Å². The highest BCUT2D eigenvalue weighted by Gasteiger charge is 2.39. The van der Waals surface area contributed by atoms with Gasteiger partial charge in [-0.2, -0.15) is 0 Å². The van der Waals surface area contributed by atoms with Crippen LogP contribution in [0.2, 0.25) is 13.1 Å². The minimum atomic E-state index is -2.18. The molecule has 1 heterocycles. The number of para-hydroxylation sites is 2. The largest absolute Gasteiger partial charge is 0.310 e. The molecule has 0 unspecified atom stereocenters. The lowest BCUT2D eigenvalue weighted by molar-refractivity contribution is 1.29. The molecule has 61 heavy (non-hydrogen) atoms. The summed E-state index contributed by atoms with van der Waals surface area (Å²) in [6.07, 6.45) is 0. The lowest BCUT2D eigenvalue weighted by Crippen LogP contribution is -2.49. The molecule has 12 aromatic carbocycles. The molecule has 3 heteroatoms. The molecule has 1 aliphatic rings. The third kappa shape index (κ3) is 5.08. The fourth-order valence-electron chi connectivity index (χ4n) is 10.8. The first-order valence-electron chi connectivity index (χ1n) is 21.3. The van der Waals surface area contributed by atoms with Crippen molar-refractivity contribution in [3.05, 3.63) is 206 Å². The summed E-state index contributed by atoms with van der Waals surface area (Å²) in [7, 11) is -2.18. The van der Waals surface area contributed by atoms with Crippen LogP contribution in [0.15, 0.2) is 206 Å². The van der Waals surface area contributed by atoms with Crippen LogP contribution in [0, 0.1) is 0 Å². The van der Waals surface area contributed by atoms with Crippen molar-refractivity contribution in [2.75, 3.05) is 9.80 Å². The van der Waals surface area contributed by atoms with E-state index in [4.69, 9.17) is 0 Å². The van der Waals surface area contributed by atoms with Gasteiger partial charge in [0.25, 0.3) is 0 Å². The van der Waals surface area contributed by atoms with E-state index in [1.165, 1.54) is 109 Å². The SMILES string of the molecule is C[Si]1(C)c2cc(N(c3ccccc3)c3cc4ccc5cccc6ccc(c3)c4c56)ccc2-c2ccc(N(c3ccccc3)c3cc4ccc5cccc6ccc(c3)c4c56)cc21. The fourth-order valence-corrected chi connectivity index (χ4v) is 13.9. The Morgan fingerprint density at radius 1 is 0.262 bits per heavy atom. The van der Waals surface area contributed by atoms with Crippen molar-refractivity contribution in [3.8, 4) is 11.1 Å². The van der Waals surface area contributed by atoms with Gasteiger partial charge in [-0.05, 0) is 159 Å². The number of hydrogen-bond acceptors (Lipinski definition) is 2. The molecule has 0 saturated heterocycles. The molecule has 0 atom stereocenters. The van der Waals surface area contributed by atoms with Gasteiger partial charge in [0.2, 0.25) is 0 Å². The summed E-state index contributed by atoms with van der Waals surface area (Å²) in [4.78, 5) is 4.91. The lowest BCUT2D eigenvalue weighted by atomic mass is 9.93. The fraction of sp³-hybridized carbons (Fsp3) is 0.0345. The Hall–Kier alpha value is -7.46. The van der Waals surface area contributed by atoms with E-state index in [0.717, 1.165) is 11.4 Å². The Balaban J connectivity index is 0.944. The van der Waals surface area contributed by atoms with E-state index in [1.54, 1.807) is 0 Å². The van der Waals surface area contributed by atoms with E-state index in [-0.39, 0.29) is 0 Å². The molecule has 13 rings (SSSR count). The Morgan fingerprint density at radius 2 is 0.590 bits per heavy atom. The molecule has 0 aromatic heterocycles. The molecule has 2 nitrogen and oxygen atoms in total. The Bertz CT molecular complexity index is 3320. The zero-order valence-corrected chi connectivity index (χ0v) is 35.0. The molecule has 0 radical (unpaired) electrons. The predicted molar refractivity (Wildman–Crippen MR) is 265 cm³/mol. The smallest absolute Gasteiger partial charge is 0.114 e. The number of fused-ring (bicyclic) bond motifs is 3. The number of nitrogens with zero attached hydrogens (tertiary/aromatic N) is 2. The van der Waals surface area contributed by atoms with Gasteiger partial charge in [0.05, 0.1) is 0 Å². The van der Waals surface area contributed by atoms with Crippen molar-refractivity contribution in [2.24, 2.45) is 0 Å². The molecule has 0 N–H and O–H groups in total. The van der Waals surface area contributed by atoms with Crippen LogP contribution in [0.1, 0.15) is 0 Å². The van der Waals surface area contributed by atoms with Crippen LogP contribution in [0.3, 0.4) is 0 Å². The lowest BCUT2D eigenvalue weighted by Gasteiger charge is -2.29. The van der Waals surface area contributed by atoms with Gasteiger partial charge in [-0.3, -0.25) is 0 Å². The molecule has 0 amide bonds. The van der Waals surface area contributed by atoms with E-state index in [9.17, 15) is 0 Å². The summed E-state index contributed by atoms with van der Waals surface area (Å²) in [5.41, 5.74) is 9.73. The normalized spacial score (nSPS) is 13.2. The molecule has 286 valence electrons. The summed E-state index contributed by atoms with van der Waals surface area (Å²) >= 11 is 0. The average molecular weight is 793 g/mol. The third-order valence-electron chi connectivity index (χ3n) is 13.6. The number of rotatable bonds is 6. The number of benzene rings is 12. The topological polar surface area (TPSA) is 6.48 Å². The van der Waals surface area contributed by atoms with Gasteiger partial charge in [-0.1, -0.05) is 147 Å². The zero-order chi connectivity index (χ0) is 40.4. The molecule has 0 spiro atoms. The maximum atomic E-state index is 2.53. The summed E-state index contributed by atoms with van der Waals surface area (Å²) in [5, 5.41) is 18.6. The van der Waals surface area contributed by atoms with Crippen molar-refractivity contribution in [1.29, 1.82) is 0 Å². The quantitative estimate of drug-likeness (QED) is 0.122. The summed E-state index contributed by atoms with van der Waals surface area (Å²) in [6.45, 7) is 5.07. The van der Waals surface area contributed by atoms with Crippen molar-refractivity contribution < 1.29 is 0 Å². The predicted octanol–water partition coefficient (Wildman–Crippen LogP) is 15.2. The summed E-state index contributed by atoms with van der Waals surface area (Å²) in [6, 6.07) is 77.3. The minimum absolute atomic E-state index is 1.15. The summed E-state index contributed by atoms with van der Waals surface area (Å²) < 4.78 is 0. The second-order valence-corrected chi connectivity index (χ2v) is 21.7. The molecule has 0 saturated carbocycles. The van der Waals surface area contributed by atoms with E-state index in [1.807, 2.05) is 0 Å². The van der Waals surface area contributed by atoms with E-state index < -0.39 is 8.07 Å². The highest BCUT2D eigenvalue weighted by atomic mass is 28.3. The average Bonchev–Trinajstić information content (AvgIpc) is 3.53. The van der Waals surface area contributed by atoms with Crippen molar-refractivity contribution in [3.63, 3.8) is 0 Å². The van der Waals surface area contributed by atoms with E-state index in [2.05, 4.69) is 229 Å². The van der Waals surface area contributed by atoms with Crippen LogP contribution < -0.4 is 20.2 Å². The van der Waals surface area contributed by atoms with Crippen LogP contribution in [0.25, 0.3) is 75.8 Å². The van der Waals surface area contributed by atoms with E-state index in [0.29, 0.717) is 0 Å². The molecular weight excluding hydrogens is 753 g/mol. The molecule has 0 fully saturated rings. The van der Waals surface area contributed by atoms with Crippen LogP contribution in [0.5, 0.6) is 0 Å². The molecule has 0 bridgehead atoms. The van der Waals surface area contributed by atoms with E-state index >= 15 is 0 Å². The van der Waals surface area contributed by atoms with Crippen molar-refractivity contribution >= 4 is 117 Å². The van der Waals surface area contributed by atoms with Crippen LogP contribution >= 0.6 is 0 Å². The second kappa shape index (κ2) is 12.8. The standard InChI is InChI=1S/C58H40N2Si/c1-61(2)53-35-47(59(45-15-5-3-6-16-45)49-31-41-23-19-37-11-9-12-38-20-24-42(32-49)57(41)55(37)38)27-29-51(53)52-30-28-48(36-54(52)61)60(46-17-7-4-8-18-46)50-33-43-25-21-39-13-10-14-40-22-26-44(34-50)58(43)56(39)40/h3-36H,1-2H3. The molecule has 0 aliphatic carbocycles. The van der Waals surface area contributed by atoms with Crippen molar-refractivity contribution in [1.82, 2.24) is 0 Å². The zero-order valence-electron chi connectivity index (χ0n) is 34.0. The maximum absolute atomic E-state index is 2.53. The number of hydrogen-bond donors (Lipinski definition) is 0. The van der Waals surface area contributed by atoms with Gasteiger partial charge < -0.3 is 9.80 Å². The van der Waals surface area contributed by atoms with Gasteiger partial charge in [0.15, 0.2) is 0 Å². The Labute approximate surface area is 355 Å². The van der Waals surface area contributed by atoms with Gasteiger partial charge in [-0.15, -0.1) is 0 Å². The second-order valence-electron chi connectivity index (χ2n) is 17.4. The minimum Gasteiger partial charge on any atom is -0.310 e. The number of anilines is 6. The first kappa shape index (κ1) is 34.4.